The monoisotopic (exact) mass is 306 g/mol. The third-order valence-electron chi connectivity index (χ3n) is 2.75. The first-order valence-electron chi connectivity index (χ1n) is 5.88. The third kappa shape index (κ3) is 3.15. The summed E-state index contributed by atoms with van der Waals surface area (Å²) in [5, 5.41) is 0. The van der Waals surface area contributed by atoms with Gasteiger partial charge in [-0.25, -0.2) is 8.42 Å². The predicted octanol–water partition coefficient (Wildman–Crippen LogP) is 2.43. The molecule has 2 aromatic carbocycles. The van der Waals surface area contributed by atoms with Crippen molar-refractivity contribution in [2.75, 3.05) is 4.72 Å². The lowest BCUT2D eigenvalue weighted by Crippen LogP contribution is -2.19. The van der Waals surface area contributed by atoms with Gasteiger partial charge in [-0.05, 0) is 25.1 Å². The van der Waals surface area contributed by atoms with Crippen molar-refractivity contribution in [3.63, 3.8) is 0 Å². The molecule has 3 N–H and O–H groups in total. The molecule has 0 radical (unpaired) electrons. The van der Waals surface area contributed by atoms with Crippen LogP contribution in [0, 0.1) is 6.92 Å². The van der Waals surface area contributed by atoms with Gasteiger partial charge in [0.1, 0.15) is 4.99 Å². The van der Waals surface area contributed by atoms with Crippen LogP contribution in [0.4, 0.5) is 5.69 Å². The Balaban J connectivity index is 2.41. The van der Waals surface area contributed by atoms with Crippen LogP contribution in [0.5, 0.6) is 0 Å². The van der Waals surface area contributed by atoms with Crippen LogP contribution in [0.3, 0.4) is 0 Å². The smallest absolute Gasteiger partial charge is 0.262 e. The summed E-state index contributed by atoms with van der Waals surface area (Å²) in [7, 11) is -3.72. The number of sulfonamides is 1. The molecule has 4 nitrogen and oxygen atoms in total. The molecule has 2 rings (SSSR count). The molecule has 0 bridgehead atoms. The van der Waals surface area contributed by atoms with Crippen LogP contribution in [0.15, 0.2) is 53.4 Å². The lowest BCUT2D eigenvalue weighted by Gasteiger charge is -2.11. The first kappa shape index (κ1) is 14.5. The largest absolute Gasteiger partial charge is 0.389 e. The predicted molar refractivity (Wildman–Crippen MR) is 84.3 cm³/mol. The van der Waals surface area contributed by atoms with E-state index in [4.69, 9.17) is 18.0 Å². The van der Waals surface area contributed by atoms with Gasteiger partial charge in [-0.15, -0.1) is 0 Å². The number of anilines is 1. The van der Waals surface area contributed by atoms with Gasteiger partial charge in [0.2, 0.25) is 0 Å². The highest BCUT2D eigenvalue weighted by Crippen LogP contribution is 2.20. The summed E-state index contributed by atoms with van der Waals surface area (Å²) < 4.78 is 27.3. The van der Waals surface area contributed by atoms with E-state index in [1.54, 1.807) is 30.3 Å². The molecule has 20 heavy (non-hydrogen) atoms. The Kier molecular flexibility index (Phi) is 4.06. The summed E-state index contributed by atoms with van der Waals surface area (Å²) in [6.45, 7) is 1.93. The molecule has 0 aliphatic carbocycles. The maximum absolute atomic E-state index is 12.4. The lowest BCUT2D eigenvalue weighted by molar-refractivity contribution is 0.601. The zero-order valence-corrected chi connectivity index (χ0v) is 12.5. The highest BCUT2D eigenvalue weighted by molar-refractivity contribution is 7.93. The van der Waals surface area contributed by atoms with Gasteiger partial charge in [0, 0.05) is 11.3 Å². The summed E-state index contributed by atoms with van der Waals surface area (Å²) in [6.07, 6.45) is 0. The van der Waals surface area contributed by atoms with Gasteiger partial charge in [0.25, 0.3) is 10.0 Å². The van der Waals surface area contributed by atoms with Gasteiger partial charge in [-0.2, -0.15) is 0 Å². The van der Waals surface area contributed by atoms with Crippen molar-refractivity contribution >= 4 is 32.9 Å². The molecule has 0 aliphatic rings. The number of hydrogen-bond acceptors (Lipinski definition) is 3. The van der Waals surface area contributed by atoms with E-state index in [-0.39, 0.29) is 9.88 Å². The Hall–Kier alpha value is -1.92. The zero-order valence-electron chi connectivity index (χ0n) is 10.8. The van der Waals surface area contributed by atoms with E-state index in [2.05, 4.69) is 4.72 Å². The van der Waals surface area contributed by atoms with Crippen molar-refractivity contribution in [3.05, 3.63) is 59.7 Å². The number of benzene rings is 2. The van der Waals surface area contributed by atoms with E-state index >= 15 is 0 Å². The summed E-state index contributed by atoms with van der Waals surface area (Å²) in [5.74, 6) is 0. The molecule has 104 valence electrons. The van der Waals surface area contributed by atoms with Crippen LogP contribution in [-0.4, -0.2) is 13.4 Å². The molecule has 0 aromatic heterocycles. The van der Waals surface area contributed by atoms with Crippen molar-refractivity contribution in [2.24, 2.45) is 5.73 Å². The Morgan fingerprint density at radius 2 is 1.70 bits per heavy atom. The van der Waals surface area contributed by atoms with Gasteiger partial charge in [-0.1, -0.05) is 48.1 Å². The number of hydrogen-bond donors (Lipinski definition) is 2. The molecule has 0 atom stereocenters. The second-order valence-electron chi connectivity index (χ2n) is 4.33. The van der Waals surface area contributed by atoms with E-state index in [0.717, 1.165) is 5.56 Å². The third-order valence-corrected chi connectivity index (χ3v) is 4.41. The van der Waals surface area contributed by atoms with Gasteiger partial charge in [0.15, 0.2) is 0 Å². The molecule has 0 amide bonds. The van der Waals surface area contributed by atoms with Crippen molar-refractivity contribution in [1.82, 2.24) is 0 Å². The Morgan fingerprint density at radius 1 is 1.10 bits per heavy atom. The fourth-order valence-electron chi connectivity index (χ4n) is 1.74. The van der Waals surface area contributed by atoms with E-state index in [1.807, 2.05) is 19.1 Å². The van der Waals surface area contributed by atoms with Crippen LogP contribution in [-0.2, 0) is 10.0 Å². The molecule has 6 heteroatoms. The van der Waals surface area contributed by atoms with Crippen molar-refractivity contribution < 1.29 is 8.42 Å². The minimum atomic E-state index is -3.72. The van der Waals surface area contributed by atoms with Crippen LogP contribution < -0.4 is 10.5 Å². The number of rotatable bonds is 4. The maximum Gasteiger partial charge on any atom is 0.262 e. The average Bonchev–Trinajstić information content (AvgIpc) is 2.41. The first-order valence-corrected chi connectivity index (χ1v) is 7.77. The molecule has 0 heterocycles. The molecule has 0 saturated carbocycles. The highest BCUT2D eigenvalue weighted by Gasteiger charge is 2.19. The molecule has 0 spiro atoms. The van der Waals surface area contributed by atoms with Crippen LogP contribution >= 0.6 is 12.2 Å². The SMILES string of the molecule is Cc1ccc(NS(=O)(=O)c2ccccc2C(N)=S)cc1. The summed E-state index contributed by atoms with van der Waals surface area (Å²) in [5.41, 5.74) is 7.45. The zero-order chi connectivity index (χ0) is 14.8. The topological polar surface area (TPSA) is 72.2 Å². The van der Waals surface area contributed by atoms with Crippen molar-refractivity contribution in [2.45, 2.75) is 11.8 Å². The lowest BCUT2D eigenvalue weighted by atomic mass is 10.2. The van der Waals surface area contributed by atoms with Gasteiger partial charge >= 0.3 is 0 Å². The fraction of sp³-hybridized carbons (Fsp3) is 0.0714. The van der Waals surface area contributed by atoms with Crippen LogP contribution in [0.1, 0.15) is 11.1 Å². The number of nitrogens with one attached hydrogen (secondary N) is 1. The van der Waals surface area contributed by atoms with Crippen LogP contribution in [0.2, 0.25) is 0 Å². The number of thiocarbonyl (C=S) groups is 1. The Labute approximate surface area is 123 Å². The second kappa shape index (κ2) is 5.60. The van der Waals surface area contributed by atoms with Crippen LogP contribution in [0.25, 0.3) is 0 Å². The van der Waals surface area contributed by atoms with E-state index in [0.29, 0.717) is 11.3 Å². The summed E-state index contributed by atoms with van der Waals surface area (Å²) in [6, 6.07) is 13.5. The van der Waals surface area contributed by atoms with Crippen molar-refractivity contribution in [1.29, 1.82) is 0 Å². The number of nitrogens with two attached hydrogens (primary N) is 1. The Bertz CT molecular complexity index is 738. The minimum absolute atomic E-state index is 0.0508. The standard InChI is InChI=1S/C14H14N2O2S2/c1-10-6-8-11(9-7-10)16-20(17,18)13-5-3-2-4-12(13)14(15)19/h2-9,16H,1H3,(H2,15,19). The first-order chi connectivity index (χ1) is 9.40. The van der Waals surface area contributed by atoms with Gasteiger partial charge in [-0.3, -0.25) is 4.72 Å². The molecule has 2 aromatic rings. The average molecular weight is 306 g/mol. The van der Waals surface area contributed by atoms with Crippen molar-refractivity contribution in [3.8, 4) is 0 Å². The molecule has 0 unspecified atom stereocenters. The second-order valence-corrected chi connectivity index (χ2v) is 6.42. The molecular weight excluding hydrogens is 292 g/mol. The van der Waals surface area contributed by atoms with E-state index < -0.39 is 10.0 Å². The molecule has 0 saturated heterocycles. The number of aryl methyl sites for hydroxylation is 1. The molecule has 0 fully saturated rings. The van der Waals surface area contributed by atoms with E-state index in [9.17, 15) is 8.42 Å². The molecule has 0 aliphatic heterocycles. The van der Waals surface area contributed by atoms with Gasteiger partial charge in [0.05, 0.1) is 4.90 Å². The summed E-state index contributed by atoms with van der Waals surface area (Å²) >= 11 is 4.89. The Morgan fingerprint density at radius 3 is 2.30 bits per heavy atom. The quantitative estimate of drug-likeness (QED) is 0.851. The van der Waals surface area contributed by atoms with Gasteiger partial charge < -0.3 is 5.73 Å². The van der Waals surface area contributed by atoms with E-state index in [1.165, 1.54) is 6.07 Å². The highest BCUT2D eigenvalue weighted by atomic mass is 32.2. The molecular formula is C14H14N2O2S2. The summed E-state index contributed by atoms with van der Waals surface area (Å²) in [4.78, 5) is 0.128. The fourth-order valence-corrected chi connectivity index (χ4v) is 3.26. The minimum Gasteiger partial charge on any atom is -0.389 e. The normalized spacial score (nSPS) is 11.1. The maximum atomic E-state index is 12.4.